The van der Waals surface area contributed by atoms with Crippen LogP contribution in [0.2, 0.25) is 0 Å². The zero-order chi connectivity index (χ0) is 39.8. The number of fused-ring (bicyclic) bond motifs is 4. The summed E-state index contributed by atoms with van der Waals surface area (Å²) in [5, 5.41) is 4.68. The van der Waals surface area contributed by atoms with Crippen LogP contribution in [0.3, 0.4) is 0 Å². The Hall–Kier alpha value is -7.94. The topological polar surface area (TPSA) is 16.4 Å². The highest BCUT2D eigenvalue weighted by Gasteiger charge is 2.20. The number of hydrogen-bond acceptors (Lipinski definition) is 2. The first-order chi connectivity index (χ1) is 29.8. The highest BCUT2D eigenvalue weighted by molar-refractivity contribution is 6.09. The van der Waals surface area contributed by atoms with Crippen molar-refractivity contribution in [1.82, 2.24) is 0 Å². The Morgan fingerprint density at radius 2 is 0.750 bits per heavy atom. The van der Waals surface area contributed by atoms with Crippen molar-refractivity contribution in [2.24, 2.45) is 0 Å². The molecule has 11 rings (SSSR count). The summed E-state index contributed by atoms with van der Waals surface area (Å²) in [4.78, 5) is 2.35. The molecule has 60 heavy (non-hydrogen) atoms. The number of nitrogens with zero attached hydrogens (tertiary/aromatic N) is 1. The maximum Gasteiger partial charge on any atom is 0.143 e. The van der Waals surface area contributed by atoms with Gasteiger partial charge in [-0.3, -0.25) is 0 Å². The van der Waals surface area contributed by atoms with E-state index in [0.717, 1.165) is 55.7 Å². The Kier molecular flexibility index (Phi) is 8.87. The van der Waals surface area contributed by atoms with Crippen molar-refractivity contribution >= 4 is 49.8 Å². The van der Waals surface area contributed by atoms with Crippen molar-refractivity contribution in [3.8, 4) is 55.6 Å². The van der Waals surface area contributed by atoms with Gasteiger partial charge in [-0.05, 0) is 103 Å². The summed E-state index contributed by atoms with van der Waals surface area (Å²) in [6, 6.07) is 84.9. The van der Waals surface area contributed by atoms with Crippen LogP contribution in [-0.2, 0) is 0 Å². The molecule has 10 aromatic carbocycles. The minimum Gasteiger partial charge on any atom is -0.455 e. The summed E-state index contributed by atoms with van der Waals surface area (Å²) in [6.45, 7) is 0. The van der Waals surface area contributed by atoms with E-state index in [-0.39, 0.29) is 0 Å². The van der Waals surface area contributed by atoms with E-state index in [0.29, 0.717) is 0 Å². The molecular weight excluding hydrogens is 727 g/mol. The number of rotatable bonds is 8. The molecule has 0 unspecified atom stereocenters. The number of hydrogen-bond donors (Lipinski definition) is 0. The number of benzene rings is 10. The van der Waals surface area contributed by atoms with Gasteiger partial charge in [0, 0.05) is 33.4 Å². The average molecular weight is 766 g/mol. The number of para-hydroxylation sites is 2. The Labute approximate surface area is 349 Å². The predicted octanol–water partition coefficient (Wildman–Crippen LogP) is 16.5. The van der Waals surface area contributed by atoms with E-state index in [1.54, 1.807) is 0 Å². The molecule has 0 aliphatic carbocycles. The molecule has 2 heteroatoms. The lowest BCUT2D eigenvalue weighted by atomic mass is 9.84. The lowest BCUT2D eigenvalue weighted by molar-refractivity contribution is 0.670. The van der Waals surface area contributed by atoms with Gasteiger partial charge < -0.3 is 9.32 Å². The van der Waals surface area contributed by atoms with Crippen LogP contribution in [0.1, 0.15) is 0 Å². The third-order valence-corrected chi connectivity index (χ3v) is 11.7. The molecule has 0 saturated carbocycles. The van der Waals surface area contributed by atoms with E-state index in [2.05, 4.69) is 229 Å². The van der Waals surface area contributed by atoms with E-state index < -0.39 is 0 Å². The smallest absolute Gasteiger partial charge is 0.143 e. The van der Waals surface area contributed by atoms with E-state index >= 15 is 0 Å². The van der Waals surface area contributed by atoms with Crippen LogP contribution in [0, 0.1) is 0 Å². The molecule has 0 amide bonds. The first kappa shape index (κ1) is 35.2. The quantitative estimate of drug-likeness (QED) is 0.153. The minimum absolute atomic E-state index is 0.904. The van der Waals surface area contributed by atoms with Gasteiger partial charge in [0.1, 0.15) is 11.2 Å². The SMILES string of the molecule is c1ccc(-c2ccccc2-c2c(-c3ccccc3)cccc2-c2ccc(N(c3ccc(-c4cccc5c4oc4ccccc45)cc3)c3ccc4ccccc4c3)cc2)cc1. The lowest BCUT2D eigenvalue weighted by Gasteiger charge is -2.26. The fourth-order valence-corrected chi connectivity index (χ4v) is 8.83. The third kappa shape index (κ3) is 6.32. The Balaban J connectivity index is 1.04. The van der Waals surface area contributed by atoms with E-state index in [1.807, 2.05) is 12.1 Å². The number of anilines is 3. The second-order valence-electron chi connectivity index (χ2n) is 15.2. The first-order valence-corrected chi connectivity index (χ1v) is 20.5. The van der Waals surface area contributed by atoms with E-state index in [9.17, 15) is 0 Å². The molecule has 282 valence electrons. The molecule has 1 aromatic heterocycles. The Morgan fingerprint density at radius 3 is 1.45 bits per heavy atom. The summed E-state index contributed by atoms with van der Waals surface area (Å²) >= 11 is 0. The fraction of sp³-hybridized carbons (Fsp3) is 0. The molecule has 11 aromatic rings. The van der Waals surface area contributed by atoms with Crippen molar-refractivity contribution in [3.63, 3.8) is 0 Å². The molecule has 0 radical (unpaired) electrons. The highest BCUT2D eigenvalue weighted by Crippen LogP contribution is 2.45. The van der Waals surface area contributed by atoms with Gasteiger partial charge in [0.25, 0.3) is 0 Å². The van der Waals surface area contributed by atoms with Gasteiger partial charge in [0.05, 0.1) is 0 Å². The van der Waals surface area contributed by atoms with E-state index in [1.165, 1.54) is 49.7 Å². The summed E-state index contributed by atoms with van der Waals surface area (Å²) < 4.78 is 6.43. The molecule has 0 bridgehead atoms. The second-order valence-corrected chi connectivity index (χ2v) is 15.2. The van der Waals surface area contributed by atoms with Gasteiger partial charge >= 0.3 is 0 Å². The standard InChI is InChI=1S/C58H39NO/c1-3-16-41(17-4-1)49-21-9-10-23-54(49)57-50(42-18-5-2-6-19-42)24-13-25-51(57)43-30-34-46(35-31-43)59(48-38-29-40-15-7-8-20-45(40)39-48)47-36-32-44(33-37-47)52-26-14-27-55-53-22-11-12-28-56(53)60-58(52)55/h1-39H. The minimum atomic E-state index is 0.904. The van der Waals surface area contributed by atoms with Gasteiger partial charge in [-0.15, -0.1) is 0 Å². The molecular formula is C58H39NO. The van der Waals surface area contributed by atoms with Crippen LogP contribution in [-0.4, -0.2) is 0 Å². The molecule has 0 N–H and O–H groups in total. The second kappa shape index (κ2) is 15.1. The van der Waals surface area contributed by atoms with Gasteiger partial charge in [-0.2, -0.15) is 0 Å². The summed E-state index contributed by atoms with van der Waals surface area (Å²) in [6.07, 6.45) is 0. The highest BCUT2D eigenvalue weighted by atomic mass is 16.3. The van der Waals surface area contributed by atoms with Gasteiger partial charge in [-0.1, -0.05) is 194 Å². The maximum absolute atomic E-state index is 6.43. The Bertz CT molecular complexity index is 3290. The Morgan fingerprint density at radius 1 is 0.283 bits per heavy atom. The normalized spacial score (nSPS) is 11.3. The number of furan rings is 1. The van der Waals surface area contributed by atoms with Crippen molar-refractivity contribution in [2.45, 2.75) is 0 Å². The molecule has 2 nitrogen and oxygen atoms in total. The van der Waals surface area contributed by atoms with Crippen molar-refractivity contribution in [2.75, 3.05) is 4.90 Å². The summed E-state index contributed by atoms with van der Waals surface area (Å²) in [7, 11) is 0. The van der Waals surface area contributed by atoms with Crippen molar-refractivity contribution in [3.05, 3.63) is 237 Å². The van der Waals surface area contributed by atoms with Crippen molar-refractivity contribution < 1.29 is 4.42 Å². The largest absolute Gasteiger partial charge is 0.455 e. The molecule has 0 atom stereocenters. The zero-order valence-corrected chi connectivity index (χ0v) is 32.9. The van der Waals surface area contributed by atoms with Crippen LogP contribution in [0.5, 0.6) is 0 Å². The van der Waals surface area contributed by atoms with Gasteiger partial charge in [-0.25, -0.2) is 0 Å². The first-order valence-electron chi connectivity index (χ1n) is 20.5. The molecule has 0 aliphatic heterocycles. The van der Waals surface area contributed by atoms with E-state index in [4.69, 9.17) is 4.42 Å². The maximum atomic E-state index is 6.43. The monoisotopic (exact) mass is 765 g/mol. The molecule has 0 saturated heterocycles. The van der Waals surface area contributed by atoms with Gasteiger partial charge in [0.15, 0.2) is 0 Å². The van der Waals surface area contributed by atoms with Crippen molar-refractivity contribution in [1.29, 1.82) is 0 Å². The van der Waals surface area contributed by atoms with Crippen LogP contribution in [0.15, 0.2) is 241 Å². The molecule has 0 aliphatic rings. The van der Waals surface area contributed by atoms with Crippen LogP contribution < -0.4 is 4.90 Å². The van der Waals surface area contributed by atoms with Crippen LogP contribution in [0.25, 0.3) is 88.3 Å². The molecule has 0 spiro atoms. The zero-order valence-electron chi connectivity index (χ0n) is 32.9. The predicted molar refractivity (Wildman–Crippen MR) is 253 cm³/mol. The summed E-state index contributed by atoms with van der Waals surface area (Å²) in [5.74, 6) is 0. The third-order valence-electron chi connectivity index (χ3n) is 11.7. The molecule has 1 heterocycles. The fourth-order valence-electron chi connectivity index (χ4n) is 8.83. The van der Waals surface area contributed by atoms with Gasteiger partial charge in [0.2, 0.25) is 0 Å². The average Bonchev–Trinajstić information content (AvgIpc) is 3.72. The lowest BCUT2D eigenvalue weighted by Crippen LogP contribution is -2.09. The van der Waals surface area contributed by atoms with Crippen LogP contribution in [0.4, 0.5) is 17.1 Å². The summed E-state index contributed by atoms with van der Waals surface area (Å²) in [5.41, 5.74) is 16.8. The molecule has 0 fully saturated rings. The van der Waals surface area contributed by atoms with Crippen LogP contribution >= 0.6 is 0 Å².